The summed E-state index contributed by atoms with van der Waals surface area (Å²) < 4.78 is 48.1. The second-order valence-electron chi connectivity index (χ2n) is 8.25. The molecule has 0 amide bonds. The predicted molar refractivity (Wildman–Crippen MR) is 103 cm³/mol. The number of ether oxygens (including phenoxy) is 1. The van der Waals surface area contributed by atoms with Crippen molar-refractivity contribution in [2.24, 2.45) is 0 Å². The predicted octanol–water partition coefficient (Wildman–Crippen LogP) is 3.32. The molecule has 1 aliphatic carbocycles. The highest BCUT2D eigenvalue weighted by atomic mass is 35.5. The lowest BCUT2D eigenvalue weighted by Crippen LogP contribution is -2.43. The first kappa shape index (κ1) is 19.1. The second-order valence-corrected chi connectivity index (χ2v) is 8.61. The van der Waals surface area contributed by atoms with Crippen molar-refractivity contribution in [3.8, 4) is 6.01 Å². The summed E-state index contributed by atoms with van der Waals surface area (Å²) in [6.45, 7) is 1.47. The molecule has 0 N–H and O–H groups in total. The van der Waals surface area contributed by atoms with Gasteiger partial charge >= 0.3 is 6.01 Å². The van der Waals surface area contributed by atoms with E-state index in [9.17, 15) is 13.2 Å². The van der Waals surface area contributed by atoms with Crippen LogP contribution in [0.1, 0.15) is 25.7 Å². The third-order valence-corrected chi connectivity index (χ3v) is 6.61. The van der Waals surface area contributed by atoms with E-state index in [1.54, 1.807) is 11.9 Å². The molecule has 3 fully saturated rings. The minimum Gasteiger partial charge on any atom is -0.461 e. The lowest BCUT2D eigenvalue weighted by Gasteiger charge is -2.31. The van der Waals surface area contributed by atoms with Gasteiger partial charge in [-0.15, -0.1) is 0 Å². The van der Waals surface area contributed by atoms with E-state index >= 15 is 0 Å². The van der Waals surface area contributed by atoms with Crippen LogP contribution in [0.4, 0.5) is 19.0 Å². The van der Waals surface area contributed by atoms with Crippen LogP contribution in [0.3, 0.4) is 0 Å². The Morgan fingerprint density at radius 3 is 2.93 bits per heavy atom. The van der Waals surface area contributed by atoms with Crippen molar-refractivity contribution in [3.05, 3.63) is 17.2 Å². The van der Waals surface area contributed by atoms with Crippen molar-refractivity contribution in [1.82, 2.24) is 19.9 Å². The highest BCUT2D eigenvalue weighted by molar-refractivity contribution is 6.30. The fourth-order valence-corrected chi connectivity index (χ4v) is 4.83. The van der Waals surface area contributed by atoms with E-state index in [4.69, 9.17) is 16.3 Å². The number of hydrogen-bond donors (Lipinski definition) is 0. The molecule has 156 valence electrons. The molecule has 1 unspecified atom stereocenters. The summed E-state index contributed by atoms with van der Waals surface area (Å²) in [6, 6.07) is -0.356. The fourth-order valence-electron chi connectivity index (χ4n) is 4.69. The standard InChI is InChI=1S/C19H21ClF3N5O/c1-27(13-5-12(13)22)17-11-7-24-16(20)14(23)15(11)25-18(26-17)29-9-19-3-2-4-28(19)8-10(21)6-19/h7,10,12-13H,2-6,8-9H2,1H3/t10-,12+,13+,19?/m1/s1. The van der Waals surface area contributed by atoms with Crippen LogP contribution in [0, 0.1) is 5.82 Å². The lowest BCUT2D eigenvalue weighted by molar-refractivity contribution is 0.107. The minimum atomic E-state index is -0.953. The Labute approximate surface area is 171 Å². The number of alkyl halides is 2. The molecule has 0 aromatic carbocycles. The Balaban J connectivity index is 1.49. The highest BCUT2D eigenvalue weighted by Crippen LogP contribution is 2.41. The molecule has 2 aromatic rings. The van der Waals surface area contributed by atoms with E-state index in [0.29, 0.717) is 30.6 Å². The van der Waals surface area contributed by atoms with Crippen LogP contribution < -0.4 is 9.64 Å². The summed E-state index contributed by atoms with van der Waals surface area (Å²) in [7, 11) is 1.70. The zero-order chi connectivity index (χ0) is 20.3. The van der Waals surface area contributed by atoms with E-state index in [1.807, 2.05) is 0 Å². The highest BCUT2D eigenvalue weighted by Gasteiger charge is 2.49. The van der Waals surface area contributed by atoms with Crippen molar-refractivity contribution < 1.29 is 17.9 Å². The van der Waals surface area contributed by atoms with Crippen LogP contribution >= 0.6 is 11.6 Å². The molecule has 29 heavy (non-hydrogen) atoms. The summed E-state index contributed by atoms with van der Waals surface area (Å²) in [5, 5.41) is 0.0355. The molecular formula is C19H21ClF3N5O. The van der Waals surface area contributed by atoms with Crippen LogP contribution in [0.15, 0.2) is 6.20 Å². The van der Waals surface area contributed by atoms with E-state index in [0.717, 1.165) is 19.4 Å². The zero-order valence-corrected chi connectivity index (χ0v) is 16.7. The topological polar surface area (TPSA) is 54.4 Å². The molecule has 2 aliphatic heterocycles. The summed E-state index contributed by atoms with van der Waals surface area (Å²) in [4.78, 5) is 16.2. The van der Waals surface area contributed by atoms with Crippen LogP contribution in [0.25, 0.3) is 10.9 Å². The van der Waals surface area contributed by atoms with Gasteiger partial charge in [-0.25, -0.2) is 18.2 Å². The monoisotopic (exact) mass is 427 g/mol. The number of fused-ring (bicyclic) bond motifs is 2. The Morgan fingerprint density at radius 2 is 2.17 bits per heavy atom. The number of nitrogens with zero attached hydrogens (tertiary/aromatic N) is 5. The van der Waals surface area contributed by atoms with Crippen molar-refractivity contribution in [3.63, 3.8) is 0 Å². The summed E-state index contributed by atoms with van der Waals surface area (Å²) in [6.07, 6.45) is 2.17. The van der Waals surface area contributed by atoms with E-state index in [-0.39, 0.29) is 34.9 Å². The van der Waals surface area contributed by atoms with E-state index in [2.05, 4.69) is 19.9 Å². The molecule has 6 nitrogen and oxygen atoms in total. The number of anilines is 1. The quantitative estimate of drug-likeness (QED) is 0.682. The zero-order valence-electron chi connectivity index (χ0n) is 15.9. The number of pyridine rings is 1. The molecule has 10 heteroatoms. The molecule has 4 atom stereocenters. The van der Waals surface area contributed by atoms with Crippen LogP contribution in [-0.4, -0.2) is 70.5 Å². The van der Waals surface area contributed by atoms with Crippen LogP contribution in [0.2, 0.25) is 5.15 Å². The van der Waals surface area contributed by atoms with Gasteiger partial charge in [-0.2, -0.15) is 9.97 Å². The Bertz CT molecular complexity index is 965. The van der Waals surface area contributed by atoms with E-state index in [1.165, 1.54) is 6.20 Å². The molecule has 5 rings (SSSR count). The molecule has 2 aromatic heterocycles. The molecular weight excluding hydrogens is 407 g/mol. The van der Waals surface area contributed by atoms with Gasteiger partial charge in [0, 0.05) is 32.6 Å². The number of rotatable bonds is 5. The van der Waals surface area contributed by atoms with Gasteiger partial charge in [-0.1, -0.05) is 11.6 Å². The van der Waals surface area contributed by atoms with Gasteiger partial charge in [0.1, 0.15) is 30.3 Å². The number of halogens is 4. The van der Waals surface area contributed by atoms with Gasteiger partial charge in [0.15, 0.2) is 11.0 Å². The molecule has 2 saturated heterocycles. The molecule has 0 spiro atoms. The maximum absolute atomic E-state index is 14.6. The maximum atomic E-state index is 14.6. The summed E-state index contributed by atoms with van der Waals surface area (Å²) >= 11 is 5.83. The average molecular weight is 428 g/mol. The van der Waals surface area contributed by atoms with Crippen LogP contribution in [0.5, 0.6) is 6.01 Å². The Kier molecular flexibility index (Phi) is 4.51. The Hall–Kier alpha value is -1.87. The molecule has 1 saturated carbocycles. The molecule has 4 heterocycles. The summed E-state index contributed by atoms with van der Waals surface area (Å²) in [5.41, 5.74) is -0.401. The minimum absolute atomic E-state index is 0.0246. The van der Waals surface area contributed by atoms with Crippen LogP contribution in [-0.2, 0) is 0 Å². The van der Waals surface area contributed by atoms with Gasteiger partial charge in [0.25, 0.3) is 0 Å². The summed E-state index contributed by atoms with van der Waals surface area (Å²) in [5.74, 6) is -0.433. The van der Waals surface area contributed by atoms with Crippen molar-refractivity contribution in [1.29, 1.82) is 0 Å². The van der Waals surface area contributed by atoms with Gasteiger partial charge in [0.05, 0.1) is 17.0 Å². The molecule has 0 bridgehead atoms. The van der Waals surface area contributed by atoms with Gasteiger partial charge < -0.3 is 9.64 Å². The number of aromatic nitrogens is 3. The smallest absolute Gasteiger partial charge is 0.319 e. The molecule has 0 radical (unpaired) electrons. The third kappa shape index (κ3) is 3.18. The third-order valence-electron chi connectivity index (χ3n) is 6.34. The van der Waals surface area contributed by atoms with Crippen molar-refractivity contribution in [2.75, 3.05) is 31.6 Å². The lowest BCUT2D eigenvalue weighted by atomic mass is 9.95. The SMILES string of the molecule is CN(c1nc(OCC23CCCN2C[C@H](F)C3)nc2c(F)c(Cl)ncc12)[C@H]1C[C@@H]1F. The average Bonchev–Trinajstić information content (AvgIpc) is 3.17. The van der Waals surface area contributed by atoms with E-state index < -0.39 is 18.2 Å². The van der Waals surface area contributed by atoms with Gasteiger partial charge in [-0.3, -0.25) is 4.90 Å². The van der Waals surface area contributed by atoms with Crippen molar-refractivity contribution >= 4 is 28.3 Å². The van der Waals surface area contributed by atoms with Crippen molar-refractivity contribution in [2.45, 2.75) is 49.6 Å². The van der Waals surface area contributed by atoms with Gasteiger partial charge in [-0.05, 0) is 19.4 Å². The largest absolute Gasteiger partial charge is 0.461 e. The first-order valence-corrected chi connectivity index (χ1v) is 10.2. The Morgan fingerprint density at radius 1 is 1.38 bits per heavy atom. The fraction of sp³-hybridized carbons (Fsp3) is 0.632. The van der Waals surface area contributed by atoms with Gasteiger partial charge in [0.2, 0.25) is 0 Å². The normalized spacial score (nSPS) is 31.3. The number of hydrogen-bond acceptors (Lipinski definition) is 6. The first-order valence-electron chi connectivity index (χ1n) is 9.78. The maximum Gasteiger partial charge on any atom is 0.319 e. The molecule has 3 aliphatic rings. The second kappa shape index (κ2) is 6.84. The first-order chi connectivity index (χ1) is 13.9.